The van der Waals surface area contributed by atoms with Crippen LogP contribution in [0.2, 0.25) is 0 Å². The van der Waals surface area contributed by atoms with E-state index in [0.29, 0.717) is 6.54 Å². The van der Waals surface area contributed by atoms with E-state index < -0.39 is 22.0 Å². The minimum atomic E-state index is -3.85. The predicted molar refractivity (Wildman–Crippen MR) is 69.1 cm³/mol. The molecule has 2 N–H and O–H groups in total. The lowest BCUT2D eigenvalue weighted by Crippen LogP contribution is -2.41. The topological polar surface area (TPSA) is 101 Å². The van der Waals surface area contributed by atoms with Crippen molar-refractivity contribution in [3.63, 3.8) is 0 Å². The maximum atomic E-state index is 12.0. The number of sulfonamides is 1. The van der Waals surface area contributed by atoms with E-state index in [0.717, 1.165) is 0 Å². The third kappa shape index (κ3) is 4.32. The highest BCUT2D eigenvalue weighted by atomic mass is 32.2. The molecule has 0 fully saturated rings. The van der Waals surface area contributed by atoms with E-state index >= 15 is 0 Å². The summed E-state index contributed by atoms with van der Waals surface area (Å²) in [6, 6.07) is -1.13. The zero-order valence-electron chi connectivity index (χ0n) is 11.2. The Kier molecular flexibility index (Phi) is 5.07. The lowest BCUT2D eigenvalue weighted by atomic mass is 10.1. The molecular formula is C11H19N3O4S. The summed E-state index contributed by atoms with van der Waals surface area (Å²) < 4.78 is 27.7. The molecule has 0 bridgehead atoms. The monoisotopic (exact) mass is 289 g/mol. The Bertz CT molecular complexity index is 536. The summed E-state index contributed by atoms with van der Waals surface area (Å²) in [6.45, 7) is 6.04. The van der Waals surface area contributed by atoms with Crippen molar-refractivity contribution >= 4 is 16.0 Å². The molecule has 1 aromatic rings. The Hall–Kier alpha value is -1.41. The van der Waals surface area contributed by atoms with Gasteiger partial charge in [0.05, 0.1) is 6.20 Å². The van der Waals surface area contributed by atoms with Crippen LogP contribution in [0.3, 0.4) is 0 Å². The van der Waals surface area contributed by atoms with Crippen LogP contribution in [0.15, 0.2) is 17.3 Å². The van der Waals surface area contributed by atoms with Crippen molar-refractivity contribution in [2.24, 2.45) is 5.92 Å². The summed E-state index contributed by atoms with van der Waals surface area (Å²) in [5, 5.41) is 12.9. The maximum Gasteiger partial charge on any atom is 0.321 e. The second-order valence-corrected chi connectivity index (χ2v) is 6.39. The molecule has 108 valence electrons. The quantitative estimate of drug-likeness (QED) is 0.768. The van der Waals surface area contributed by atoms with E-state index in [-0.39, 0.29) is 17.2 Å². The van der Waals surface area contributed by atoms with Crippen LogP contribution < -0.4 is 4.72 Å². The minimum Gasteiger partial charge on any atom is -0.480 e. The molecule has 0 aliphatic carbocycles. The molecule has 0 spiro atoms. The molecule has 8 heteroatoms. The summed E-state index contributed by atoms with van der Waals surface area (Å²) in [4.78, 5) is 11.0. The fourth-order valence-corrected chi connectivity index (χ4v) is 2.74. The zero-order chi connectivity index (χ0) is 14.6. The number of carbonyl (C=O) groups is 1. The van der Waals surface area contributed by atoms with Crippen LogP contribution in [0.25, 0.3) is 0 Å². The van der Waals surface area contributed by atoms with Gasteiger partial charge in [0, 0.05) is 12.7 Å². The Balaban J connectivity index is 2.90. The van der Waals surface area contributed by atoms with Gasteiger partial charge in [-0.15, -0.1) is 0 Å². The van der Waals surface area contributed by atoms with Gasteiger partial charge in [-0.3, -0.25) is 9.48 Å². The first-order chi connectivity index (χ1) is 8.76. The van der Waals surface area contributed by atoms with Gasteiger partial charge in [0.2, 0.25) is 10.0 Å². The van der Waals surface area contributed by atoms with Crippen LogP contribution in [-0.2, 0) is 21.4 Å². The second kappa shape index (κ2) is 6.16. The fraction of sp³-hybridized carbons (Fsp3) is 0.636. The van der Waals surface area contributed by atoms with E-state index in [4.69, 9.17) is 5.11 Å². The first kappa shape index (κ1) is 15.6. The van der Waals surface area contributed by atoms with Gasteiger partial charge in [-0.2, -0.15) is 9.82 Å². The molecule has 1 atom stereocenters. The Morgan fingerprint density at radius 1 is 1.53 bits per heavy atom. The minimum absolute atomic E-state index is 0.0237. The van der Waals surface area contributed by atoms with Crippen molar-refractivity contribution in [2.75, 3.05) is 0 Å². The van der Waals surface area contributed by atoms with Crippen LogP contribution in [0, 0.1) is 5.92 Å². The van der Waals surface area contributed by atoms with Gasteiger partial charge in [-0.05, 0) is 19.3 Å². The molecule has 1 rings (SSSR count). The van der Waals surface area contributed by atoms with E-state index in [1.54, 1.807) is 0 Å². The standard InChI is InChI=1S/C11H19N3O4S/c1-4-14-7-9(6-12-14)19(17,18)13-10(11(15)16)5-8(2)3/h6-8,10,13H,4-5H2,1-3H3,(H,15,16)/t10-/m1/s1. The largest absolute Gasteiger partial charge is 0.480 e. The molecule has 1 aromatic heterocycles. The summed E-state index contributed by atoms with van der Waals surface area (Å²) in [7, 11) is -3.85. The lowest BCUT2D eigenvalue weighted by molar-refractivity contribution is -0.139. The SMILES string of the molecule is CCn1cc(S(=O)(=O)N[C@H](CC(C)C)C(=O)O)cn1. The fourth-order valence-electron chi connectivity index (χ4n) is 1.58. The molecule has 1 heterocycles. The molecule has 0 unspecified atom stereocenters. The lowest BCUT2D eigenvalue weighted by Gasteiger charge is -2.15. The Morgan fingerprint density at radius 3 is 2.58 bits per heavy atom. The highest BCUT2D eigenvalue weighted by Gasteiger charge is 2.26. The van der Waals surface area contributed by atoms with Gasteiger partial charge in [0.1, 0.15) is 10.9 Å². The molecule has 0 aliphatic rings. The zero-order valence-corrected chi connectivity index (χ0v) is 12.0. The van der Waals surface area contributed by atoms with Crippen LogP contribution in [0.4, 0.5) is 0 Å². The van der Waals surface area contributed by atoms with Crippen molar-refractivity contribution in [1.82, 2.24) is 14.5 Å². The average molecular weight is 289 g/mol. The Morgan fingerprint density at radius 2 is 2.16 bits per heavy atom. The van der Waals surface area contributed by atoms with Crippen molar-refractivity contribution in [3.8, 4) is 0 Å². The van der Waals surface area contributed by atoms with Crippen LogP contribution in [0.5, 0.6) is 0 Å². The van der Waals surface area contributed by atoms with Crippen molar-refractivity contribution in [1.29, 1.82) is 0 Å². The molecule has 0 saturated carbocycles. The number of carboxylic acids is 1. The summed E-state index contributed by atoms with van der Waals surface area (Å²) in [5.74, 6) is -1.11. The number of rotatable bonds is 7. The van der Waals surface area contributed by atoms with Crippen LogP contribution >= 0.6 is 0 Å². The number of aromatic nitrogens is 2. The first-order valence-corrected chi connectivity index (χ1v) is 7.52. The Labute approximate surface area is 112 Å². The number of aryl methyl sites for hydroxylation is 1. The van der Waals surface area contributed by atoms with E-state index in [9.17, 15) is 13.2 Å². The summed E-state index contributed by atoms with van der Waals surface area (Å²) in [6.07, 6.45) is 2.81. The summed E-state index contributed by atoms with van der Waals surface area (Å²) >= 11 is 0. The van der Waals surface area contributed by atoms with Gasteiger partial charge in [-0.1, -0.05) is 13.8 Å². The van der Waals surface area contributed by atoms with Crippen LogP contribution in [0.1, 0.15) is 27.2 Å². The van der Waals surface area contributed by atoms with Gasteiger partial charge in [-0.25, -0.2) is 8.42 Å². The molecule has 19 heavy (non-hydrogen) atoms. The highest BCUT2D eigenvalue weighted by molar-refractivity contribution is 7.89. The van der Waals surface area contributed by atoms with Crippen LogP contribution in [-0.4, -0.2) is 35.3 Å². The third-order valence-electron chi connectivity index (χ3n) is 2.55. The molecule has 0 aromatic carbocycles. The van der Waals surface area contributed by atoms with Gasteiger partial charge in [0.15, 0.2) is 0 Å². The predicted octanol–water partition coefficient (Wildman–Crippen LogP) is 0.681. The smallest absolute Gasteiger partial charge is 0.321 e. The van der Waals surface area contributed by atoms with Gasteiger partial charge in [0.25, 0.3) is 0 Å². The van der Waals surface area contributed by atoms with Crippen molar-refractivity contribution in [2.45, 2.75) is 44.7 Å². The highest BCUT2D eigenvalue weighted by Crippen LogP contribution is 2.11. The first-order valence-electron chi connectivity index (χ1n) is 6.03. The van der Waals surface area contributed by atoms with E-state index in [1.165, 1.54) is 17.1 Å². The summed E-state index contributed by atoms with van der Waals surface area (Å²) in [5.41, 5.74) is 0. The second-order valence-electron chi connectivity index (χ2n) is 4.67. The molecule has 0 saturated heterocycles. The van der Waals surface area contributed by atoms with Gasteiger partial charge < -0.3 is 5.11 Å². The normalized spacial score (nSPS) is 13.7. The number of nitrogens with one attached hydrogen (secondary N) is 1. The van der Waals surface area contributed by atoms with Crippen molar-refractivity contribution < 1.29 is 18.3 Å². The third-order valence-corrected chi connectivity index (χ3v) is 3.97. The number of nitrogens with zero attached hydrogens (tertiary/aromatic N) is 2. The molecule has 7 nitrogen and oxygen atoms in total. The number of aliphatic carboxylic acids is 1. The number of hydrogen-bond acceptors (Lipinski definition) is 4. The number of carboxylic acid groups (broad SMARTS) is 1. The van der Waals surface area contributed by atoms with E-state index in [2.05, 4.69) is 9.82 Å². The molecule has 0 aliphatic heterocycles. The molecule has 0 radical (unpaired) electrons. The number of hydrogen-bond donors (Lipinski definition) is 2. The molecule has 0 amide bonds. The van der Waals surface area contributed by atoms with Crippen molar-refractivity contribution in [3.05, 3.63) is 12.4 Å². The maximum absolute atomic E-state index is 12.0. The van der Waals surface area contributed by atoms with E-state index in [1.807, 2.05) is 20.8 Å². The molecular weight excluding hydrogens is 270 g/mol. The average Bonchev–Trinajstić information content (AvgIpc) is 2.76. The van der Waals surface area contributed by atoms with Gasteiger partial charge >= 0.3 is 5.97 Å².